The normalized spacial score (nSPS) is 15.7. The van der Waals surface area contributed by atoms with Gasteiger partial charge in [-0.15, -0.1) is 10.2 Å². The predicted octanol–water partition coefficient (Wildman–Crippen LogP) is 5.04. The summed E-state index contributed by atoms with van der Waals surface area (Å²) >= 11 is 7.16. The van der Waals surface area contributed by atoms with Gasteiger partial charge in [0.05, 0.1) is 21.5 Å². The standard InChI is InChI=1S/C21H25ClF2N6O3S2Si/c1-29-17-14(16(28-29)19-26-27-20(34-19)18(23)24)9-13(10-15(17)22)35(31,32)30(21(11-25)5-6-21)12-33-7-8-36(2,3)4/h9-10,18H,5-8,12H2,1-4H3. The van der Waals surface area contributed by atoms with Crippen LogP contribution >= 0.6 is 22.9 Å². The molecule has 0 N–H and O–H groups in total. The van der Waals surface area contributed by atoms with Crippen molar-refractivity contribution in [2.24, 2.45) is 7.05 Å². The molecule has 0 bridgehead atoms. The lowest BCUT2D eigenvalue weighted by molar-refractivity contribution is 0.0660. The van der Waals surface area contributed by atoms with Crippen molar-refractivity contribution in [3.8, 4) is 16.8 Å². The molecule has 1 aliphatic rings. The fourth-order valence-electron chi connectivity index (χ4n) is 3.67. The Hall–Kier alpha value is -2.02. The number of alkyl halides is 2. The summed E-state index contributed by atoms with van der Waals surface area (Å²) in [5, 5.41) is 21.5. The molecule has 1 fully saturated rings. The van der Waals surface area contributed by atoms with Gasteiger partial charge in [0.2, 0.25) is 10.0 Å². The van der Waals surface area contributed by atoms with Crippen LogP contribution in [0.4, 0.5) is 8.78 Å². The van der Waals surface area contributed by atoms with E-state index in [1.165, 1.54) is 16.8 Å². The molecule has 0 radical (unpaired) electrons. The Kier molecular flexibility index (Phi) is 7.28. The highest BCUT2D eigenvalue weighted by Crippen LogP contribution is 2.45. The van der Waals surface area contributed by atoms with Crippen LogP contribution in [-0.2, 0) is 21.8 Å². The molecule has 1 aromatic carbocycles. The average Bonchev–Trinajstić information content (AvgIpc) is 3.26. The summed E-state index contributed by atoms with van der Waals surface area (Å²) in [6.07, 6.45) is -1.99. The monoisotopic (exact) mass is 574 g/mol. The van der Waals surface area contributed by atoms with Crippen molar-refractivity contribution < 1.29 is 21.9 Å². The van der Waals surface area contributed by atoms with Crippen LogP contribution < -0.4 is 0 Å². The molecule has 0 atom stereocenters. The maximum absolute atomic E-state index is 13.8. The van der Waals surface area contributed by atoms with Crippen LogP contribution in [-0.4, -0.2) is 59.7 Å². The summed E-state index contributed by atoms with van der Waals surface area (Å²) < 4.78 is 62.0. The summed E-state index contributed by atoms with van der Waals surface area (Å²) in [6, 6.07) is 5.66. The van der Waals surface area contributed by atoms with E-state index < -0.39 is 35.1 Å². The largest absolute Gasteiger partial charge is 0.365 e. The van der Waals surface area contributed by atoms with E-state index in [9.17, 15) is 22.5 Å². The maximum atomic E-state index is 13.8. The molecule has 0 amide bonds. The highest BCUT2D eigenvalue weighted by molar-refractivity contribution is 7.89. The fourth-order valence-corrected chi connectivity index (χ4v) is 7.22. The first-order valence-electron chi connectivity index (χ1n) is 11.1. The number of nitriles is 1. The number of fused-ring (bicyclic) bond motifs is 1. The molecule has 2 heterocycles. The number of ether oxygens (including phenoxy) is 1. The van der Waals surface area contributed by atoms with Crippen LogP contribution in [0.2, 0.25) is 30.7 Å². The highest BCUT2D eigenvalue weighted by atomic mass is 35.5. The third kappa shape index (κ3) is 5.18. The number of hydrogen-bond donors (Lipinski definition) is 0. The van der Waals surface area contributed by atoms with Gasteiger partial charge in [-0.3, -0.25) is 4.68 Å². The third-order valence-corrected chi connectivity index (χ3v) is 10.7. The molecule has 1 aliphatic carbocycles. The highest BCUT2D eigenvalue weighted by Gasteiger charge is 2.54. The minimum absolute atomic E-state index is 0.104. The van der Waals surface area contributed by atoms with Crippen LogP contribution in [0, 0.1) is 11.3 Å². The zero-order chi connectivity index (χ0) is 26.5. The summed E-state index contributed by atoms with van der Waals surface area (Å²) in [5.74, 6) is 0. The Morgan fingerprint density at radius 2 is 2.03 bits per heavy atom. The van der Waals surface area contributed by atoms with E-state index in [0.717, 1.165) is 10.3 Å². The number of aryl methyl sites for hydroxylation is 1. The molecule has 9 nitrogen and oxygen atoms in total. The number of sulfonamides is 1. The molecular weight excluding hydrogens is 550 g/mol. The van der Waals surface area contributed by atoms with Crippen LogP contribution in [0.5, 0.6) is 0 Å². The summed E-state index contributed by atoms with van der Waals surface area (Å²) in [7, 11) is -4.01. The average molecular weight is 575 g/mol. The van der Waals surface area contributed by atoms with Gasteiger partial charge in [0.1, 0.15) is 18.0 Å². The smallest absolute Gasteiger partial charge is 0.291 e. The Bertz CT molecular complexity index is 1440. The molecule has 0 spiro atoms. The van der Waals surface area contributed by atoms with Gasteiger partial charge in [-0.1, -0.05) is 42.6 Å². The van der Waals surface area contributed by atoms with Crippen LogP contribution in [0.3, 0.4) is 0 Å². The van der Waals surface area contributed by atoms with Gasteiger partial charge in [0.25, 0.3) is 6.43 Å². The molecular formula is C21H25ClF2N6O3S2Si. The summed E-state index contributed by atoms with van der Waals surface area (Å²) in [5.41, 5.74) is -0.572. The first kappa shape index (κ1) is 27.0. The van der Waals surface area contributed by atoms with Gasteiger partial charge >= 0.3 is 0 Å². The van der Waals surface area contributed by atoms with Crippen molar-refractivity contribution in [2.45, 2.75) is 55.4 Å². The van der Waals surface area contributed by atoms with Crippen molar-refractivity contribution in [1.29, 1.82) is 5.26 Å². The van der Waals surface area contributed by atoms with Gasteiger partial charge in [0.15, 0.2) is 10.0 Å². The van der Waals surface area contributed by atoms with Crippen molar-refractivity contribution in [3.63, 3.8) is 0 Å². The maximum Gasteiger partial charge on any atom is 0.291 e. The topological polar surface area (TPSA) is 114 Å². The van der Waals surface area contributed by atoms with Gasteiger partial charge in [-0.2, -0.15) is 14.7 Å². The number of benzene rings is 1. The number of hydrogen-bond acceptors (Lipinski definition) is 8. The molecule has 3 aromatic rings. The molecule has 0 unspecified atom stereocenters. The first-order chi connectivity index (χ1) is 16.8. The van der Waals surface area contributed by atoms with Crippen molar-refractivity contribution >= 4 is 51.9 Å². The second-order valence-corrected chi connectivity index (χ2v) is 18.8. The molecule has 4 rings (SSSR count). The second-order valence-electron chi connectivity index (χ2n) is 9.86. The van der Waals surface area contributed by atoms with E-state index in [4.69, 9.17) is 16.3 Å². The van der Waals surface area contributed by atoms with Crippen molar-refractivity contribution in [2.75, 3.05) is 13.3 Å². The van der Waals surface area contributed by atoms with Gasteiger partial charge < -0.3 is 4.74 Å². The summed E-state index contributed by atoms with van der Waals surface area (Å²) in [6.45, 7) is 6.69. The fraction of sp³-hybridized carbons (Fsp3) is 0.524. The lowest BCUT2D eigenvalue weighted by atomic mass is 10.2. The first-order valence-corrected chi connectivity index (χ1v) is 17.4. The Balaban J connectivity index is 1.75. The quantitative estimate of drug-likeness (QED) is 0.189. The molecule has 0 saturated heterocycles. The number of rotatable bonds is 10. The predicted molar refractivity (Wildman–Crippen MR) is 135 cm³/mol. The van der Waals surface area contributed by atoms with Gasteiger partial charge in [-0.25, -0.2) is 17.2 Å². The number of nitrogens with zero attached hydrogens (tertiary/aromatic N) is 6. The SMILES string of the molecule is Cn1nc(-c2nnc(C(F)F)s2)c2cc(S(=O)(=O)N(COCC[Si](C)(C)C)C3(C#N)CC3)cc(Cl)c21. The molecule has 194 valence electrons. The minimum Gasteiger partial charge on any atom is -0.365 e. The lowest BCUT2D eigenvalue weighted by Gasteiger charge is -2.27. The molecule has 15 heteroatoms. The van der Waals surface area contributed by atoms with Gasteiger partial charge in [-0.05, 0) is 31.0 Å². The molecule has 0 aliphatic heterocycles. The third-order valence-electron chi connectivity index (χ3n) is 5.90. The Labute approximate surface area is 217 Å². The van der Waals surface area contributed by atoms with Crippen LogP contribution in [0.25, 0.3) is 21.6 Å². The Morgan fingerprint density at radius 1 is 1.33 bits per heavy atom. The summed E-state index contributed by atoms with van der Waals surface area (Å²) in [4.78, 5) is -0.150. The molecule has 2 aromatic heterocycles. The Morgan fingerprint density at radius 3 is 2.58 bits per heavy atom. The van der Waals surface area contributed by atoms with Crippen molar-refractivity contribution in [1.82, 2.24) is 24.3 Å². The van der Waals surface area contributed by atoms with E-state index in [2.05, 4.69) is 41.0 Å². The lowest BCUT2D eigenvalue weighted by Crippen LogP contribution is -2.43. The molecule has 36 heavy (non-hydrogen) atoms. The zero-order valence-corrected chi connectivity index (χ0v) is 23.5. The zero-order valence-electron chi connectivity index (χ0n) is 20.1. The second kappa shape index (κ2) is 9.69. The van der Waals surface area contributed by atoms with E-state index in [0.29, 0.717) is 41.7 Å². The number of halogens is 3. The van der Waals surface area contributed by atoms with Crippen molar-refractivity contribution in [3.05, 3.63) is 22.2 Å². The van der Waals surface area contributed by atoms with E-state index in [1.807, 2.05) is 0 Å². The number of aromatic nitrogens is 4. The molecule has 1 saturated carbocycles. The van der Waals surface area contributed by atoms with E-state index in [-0.39, 0.29) is 27.4 Å². The van der Waals surface area contributed by atoms with E-state index in [1.54, 1.807) is 7.05 Å². The van der Waals surface area contributed by atoms with Crippen LogP contribution in [0.15, 0.2) is 17.0 Å². The van der Waals surface area contributed by atoms with Crippen LogP contribution in [0.1, 0.15) is 24.3 Å². The minimum atomic E-state index is -4.21. The van der Waals surface area contributed by atoms with E-state index >= 15 is 0 Å². The van der Waals surface area contributed by atoms with Gasteiger partial charge in [0, 0.05) is 27.1 Å².